The van der Waals surface area contributed by atoms with Crippen molar-refractivity contribution in [1.29, 1.82) is 0 Å². The summed E-state index contributed by atoms with van der Waals surface area (Å²) < 4.78 is 17.9. The summed E-state index contributed by atoms with van der Waals surface area (Å²) in [5.41, 5.74) is 1.82. The quantitative estimate of drug-likeness (QED) is 0.365. The largest absolute Gasteiger partial charge is 0.369 e. The van der Waals surface area contributed by atoms with E-state index in [1.165, 1.54) is 0 Å². The molecule has 0 N–H and O–H groups in total. The topological polar surface area (TPSA) is 27.7 Å². The average Bonchev–Trinajstić information content (AvgIpc) is 2.97. The molecular formula is C16H14Cl4O3. The minimum Gasteiger partial charge on any atom is -0.369 e. The minimum atomic E-state index is -0.800. The van der Waals surface area contributed by atoms with E-state index in [0.29, 0.717) is 29.7 Å². The zero-order chi connectivity index (χ0) is 16.6. The third-order valence-electron chi connectivity index (χ3n) is 5.02. The summed E-state index contributed by atoms with van der Waals surface area (Å²) in [4.78, 5) is 0. The maximum atomic E-state index is 6.56. The number of hydrogen-bond acceptors (Lipinski definition) is 3. The second kappa shape index (κ2) is 5.25. The van der Waals surface area contributed by atoms with Crippen LogP contribution in [0, 0.1) is 0 Å². The first-order chi connectivity index (χ1) is 10.9. The van der Waals surface area contributed by atoms with E-state index in [1.54, 1.807) is 7.11 Å². The molecule has 23 heavy (non-hydrogen) atoms. The van der Waals surface area contributed by atoms with Crippen molar-refractivity contribution in [2.24, 2.45) is 0 Å². The predicted octanol–water partition coefficient (Wildman–Crippen LogP) is 5.33. The van der Waals surface area contributed by atoms with Gasteiger partial charge in [-0.15, -0.1) is 0 Å². The molecule has 1 saturated heterocycles. The Morgan fingerprint density at radius 2 is 1.65 bits per heavy atom. The molecular weight excluding hydrogens is 382 g/mol. The van der Waals surface area contributed by atoms with E-state index in [-0.39, 0.29) is 16.0 Å². The highest BCUT2D eigenvalue weighted by atomic mass is 35.5. The Balaban J connectivity index is 2.10. The summed E-state index contributed by atoms with van der Waals surface area (Å²) >= 11 is 25.7. The summed E-state index contributed by atoms with van der Waals surface area (Å²) in [7, 11) is 1.63. The van der Waals surface area contributed by atoms with Crippen molar-refractivity contribution in [2.45, 2.75) is 30.7 Å². The van der Waals surface area contributed by atoms with Crippen LogP contribution in [0.5, 0.6) is 0 Å². The van der Waals surface area contributed by atoms with Gasteiger partial charge in [0, 0.05) is 19.1 Å². The van der Waals surface area contributed by atoms with Crippen LogP contribution in [0.15, 0.2) is 11.6 Å². The molecule has 0 aromatic heterocycles. The number of hydrogen-bond donors (Lipinski definition) is 0. The Kier molecular flexibility index (Phi) is 3.76. The lowest BCUT2D eigenvalue weighted by Crippen LogP contribution is -2.54. The Morgan fingerprint density at radius 3 is 2.26 bits per heavy atom. The molecule has 1 heterocycles. The molecule has 7 heteroatoms. The van der Waals surface area contributed by atoms with Gasteiger partial charge in [0.05, 0.1) is 39.2 Å². The minimum absolute atomic E-state index is 0.184. The average molecular weight is 396 g/mol. The summed E-state index contributed by atoms with van der Waals surface area (Å²) in [6, 6.07) is 0. The van der Waals surface area contributed by atoms with Crippen LogP contribution >= 0.6 is 46.4 Å². The molecule has 1 fully saturated rings. The SMILES string of the molecule is CO[C@@]12C=C(C)[C@@H](c3c(Cl)c(Cl)c(Cl)c(Cl)c31)C1(C2)OCCO1. The van der Waals surface area contributed by atoms with E-state index in [9.17, 15) is 0 Å². The third kappa shape index (κ3) is 1.96. The maximum absolute atomic E-state index is 6.56. The van der Waals surface area contributed by atoms with Crippen LogP contribution in [0.4, 0.5) is 0 Å². The highest BCUT2D eigenvalue weighted by Gasteiger charge is 2.62. The van der Waals surface area contributed by atoms with Crippen molar-refractivity contribution in [1.82, 2.24) is 0 Å². The molecule has 2 bridgehead atoms. The fourth-order valence-electron chi connectivity index (χ4n) is 4.23. The second-order valence-corrected chi connectivity index (χ2v) is 7.66. The fraction of sp³-hybridized carbons (Fsp3) is 0.500. The lowest BCUT2D eigenvalue weighted by atomic mass is 9.62. The lowest BCUT2D eigenvalue weighted by molar-refractivity contribution is -0.217. The molecule has 1 aliphatic heterocycles. The first-order valence-electron chi connectivity index (χ1n) is 7.25. The van der Waals surface area contributed by atoms with Gasteiger partial charge in [-0.1, -0.05) is 52.0 Å². The van der Waals surface area contributed by atoms with Gasteiger partial charge < -0.3 is 14.2 Å². The van der Waals surface area contributed by atoms with E-state index < -0.39 is 11.4 Å². The predicted molar refractivity (Wildman–Crippen MR) is 90.9 cm³/mol. The second-order valence-electron chi connectivity index (χ2n) is 6.15. The molecule has 0 saturated carbocycles. The molecule has 3 nitrogen and oxygen atoms in total. The zero-order valence-electron chi connectivity index (χ0n) is 12.5. The van der Waals surface area contributed by atoms with Crippen molar-refractivity contribution in [2.75, 3.05) is 20.3 Å². The van der Waals surface area contributed by atoms with Crippen molar-refractivity contribution in [3.8, 4) is 0 Å². The number of halogens is 4. The Labute approximate surface area is 154 Å². The van der Waals surface area contributed by atoms with Crippen LogP contribution in [0.1, 0.15) is 30.4 Å². The van der Waals surface area contributed by atoms with Crippen LogP contribution in [-0.4, -0.2) is 26.1 Å². The number of benzene rings is 1. The Hall–Kier alpha value is -0.000000000000000153. The van der Waals surface area contributed by atoms with Crippen LogP contribution in [0.25, 0.3) is 0 Å². The van der Waals surface area contributed by atoms with Gasteiger partial charge in [0.15, 0.2) is 5.79 Å². The summed E-state index contributed by atoms with van der Waals surface area (Å²) in [5, 5.41) is 1.25. The number of rotatable bonds is 1. The number of methoxy groups -OCH3 is 1. The molecule has 4 aliphatic rings. The first-order valence-corrected chi connectivity index (χ1v) is 8.77. The molecule has 5 rings (SSSR count). The van der Waals surface area contributed by atoms with E-state index >= 15 is 0 Å². The zero-order valence-corrected chi connectivity index (χ0v) is 15.5. The van der Waals surface area contributed by atoms with Gasteiger partial charge >= 0.3 is 0 Å². The van der Waals surface area contributed by atoms with E-state index in [2.05, 4.69) is 6.08 Å². The van der Waals surface area contributed by atoms with E-state index in [1.807, 2.05) is 6.92 Å². The first kappa shape index (κ1) is 16.5. The lowest BCUT2D eigenvalue weighted by Gasteiger charge is -2.53. The van der Waals surface area contributed by atoms with Gasteiger partial charge in [0.2, 0.25) is 0 Å². The van der Waals surface area contributed by atoms with Crippen molar-refractivity contribution in [3.05, 3.63) is 42.9 Å². The van der Waals surface area contributed by atoms with Gasteiger partial charge in [0.25, 0.3) is 0 Å². The van der Waals surface area contributed by atoms with Crippen molar-refractivity contribution in [3.63, 3.8) is 0 Å². The van der Waals surface area contributed by atoms with Crippen molar-refractivity contribution >= 4 is 46.4 Å². The van der Waals surface area contributed by atoms with Gasteiger partial charge in [-0.2, -0.15) is 0 Å². The molecule has 2 atom stereocenters. The van der Waals surface area contributed by atoms with Crippen LogP contribution in [0.2, 0.25) is 20.1 Å². The van der Waals surface area contributed by atoms with Gasteiger partial charge in [-0.3, -0.25) is 0 Å². The van der Waals surface area contributed by atoms with E-state index in [4.69, 9.17) is 60.6 Å². The smallest absolute Gasteiger partial charge is 0.182 e. The molecule has 3 aliphatic carbocycles. The summed E-state index contributed by atoms with van der Waals surface area (Å²) in [5.74, 6) is -0.983. The monoisotopic (exact) mass is 394 g/mol. The van der Waals surface area contributed by atoms with Crippen LogP contribution < -0.4 is 0 Å². The van der Waals surface area contributed by atoms with Gasteiger partial charge in [0.1, 0.15) is 5.60 Å². The molecule has 1 spiro atoms. The third-order valence-corrected chi connectivity index (χ3v) is 6.84. The standard InChI is InChI=1S/C16H14Cl4O3/c1-7-5-15(21-2)6-16(22-3-4-23-16)9(7)8-10(15)12(18)14(20)13(19)11(8)17/h5,9H,3-4,6H2,1-2H3/t9-,15+/m0/s1. The Bertz CT molecular complexity index is 740. The normalized spacial score (nSPS) is 30.7. The number of ether oxygens (including phenoxy) is 3. The van der Waals surface area contributed by atoms with Gasteiger partial charge in [-0.25, -0.2) is 0 Å². The van der Waals surface area contributed by atoms with E-state index in [0.717, 1.165) is 16.7 Å². The van der Waals surface area contributed by atoms with Crippen molar-refractivity contribution < 1.29 is 14.2 Å². The fourth-order valence-corrected chi connectivity index (χ4v) is 5.37. The molecule has 1 aromatic rings. The molecule has 124 valence electrons. The highest BCUT2D eigenvalue weighted by molar-refractivity contribution is 6.52. The molecule has 1 aromatic carbocycles. The molecule has 0 amide bonds. The highest BCUT2D eigenvalue weighted by Crippen LogP contribution is 2.64. The van der Waals surface area contributed by atoms with Crippen LogP contribution in [0.3, 0.4) is 0 Å². The van der Waals surface area contributed by atoms with Crippen LogP contribution in [-0.2, 0) is 19.8 Å². The maximum Gasteiger partial charge on any atom is 0.182 e. The van der Waals surface area contributed by atoms with Gasteiger partial charge in [-0.05, 0) is 18.6 Å². The molecule has 0 radical (unpaired) electrons. The summed E-state index contributed by atoms with van der Waals surface area (Å²) in [6.45, 7) is 3.08. The molecule has 0 unspecified atom stereocenters. The Morgan fingerprint density at radius 1 is 1.04 bits per heavy atom. The summed E-state index contributed by atoms with van der Waals surface area (Å²) in [6.07, 6.45) is 2.56.